The maximum atomic E-state index is 14.8. The van der Waals surface area contributed by atoms with Crippen molar-refractivity contribution < 1.29 is 57.5 Å². The van der Waals surface area contributed by atoms with E-state index < -0.39 is 149 Å². The number of amides is 12. The van der Waals surface area contributed by atoms with Gasteiger partial charge in [-0.3, -0.25) is 57.5 Å². The molecule has 0 unspecified atom stereocenters. The predicted molar refractivity (Wildman–Crippen MR) is 375 cm³/mol. The molecule has 0 spiro atoms. The molecule has 32 nitrogen and oxygen atoms in total. The third kappa shape index (κ3) is 33.5. The highest BCUT2D eigenvalue weighted by Crippen LogP contribution is 2.17. The van der Waals surface area contributed by atoms with Gasteiger partial charge in [0, 0.05) is 43.5 Å². The number of imidazole rings is 2. The van der Waals surface area contributed by atoms with Crippen LogP contribution in [-0.2, 0) is 70.4 Å². The molecule has 0 aliphatic heterocycles. The number of carbonyl (C=O) groups is 12. The average molecular weight is 1400 g/mol. The Labute approximate surface area is 583 Å². The maximum absolute atomic E-state index is 14.8. The summed E-state index contributed by atoms with van der Waals surface area (Å²) in [7, 11) is 0. The van der Waals surface area contributed by atoms with Crippen LogP contribution in [0.4, 0.5) is 0 Å². The van der Waals surface area contributed by atoms with Crippen molar-refractivity contribution in [1.29, 1.82) is 0 Å². The molecule has 2 rings (SSSR count). The van der Waals surface area contributed by atoms with E-state index in [9.17, 15) is 57.5 Å². The van der Waals surface area contributed by atoms with Gasteiger partial charge in [0.05, 0.1) is 12.7 Å². The lowest BCUT2D eigenvalue weighted by atomic mass is 9.95. The molecule has 0 aliphatic rings. The van der Waals surface area contributed by atoms with E-state index in [2.05, 4.69) is 78.4 Å². The number of H-pyrrole nitrogens is 2. The largest absolute Gasteiger partial charge is 0.368 e. The summed E-state index contributed by atoms with van der Waals surface area (Å²) in [5.41, 5.74) is 30.0. The third-order valence-corrected chi connectivity index (χ3v) is 16.7. The second-order valence-electron chi connectivity index (χ2n) is 27.3. The van der Waals surface area contributed by atoms with Crippen LogP contribution < -0.4 is 87.2 Å². The summed E-state index contributed by atoms with van der Waals surface area (Å²) in [6.45, 7) is 20.4. The Kier molecular flexibility index (Phi) is 41.3. The molecule has 2 heterocycles. The zero-order valence-corrected chi connectivity index (χ0v) is 60.3. The Morgan fingerprint density at radius 1 is 0.374 bits per heavy atom. The molecule has 0 fully saturated rings. The molecule has 0 radical (unpaired) electrons. The van der Waals surface area contributed by atoms with Gasteiger partial charge in [0.1, 0.15) is 66.5 Å². The number of unbranched alkanes of at least 4 members (excludes halogenated alkanes) is 4. The van der Waals surface area contributed by atoms with Crippen molar-refractivity contribution in [2.45, 2.75) is 258 Å². The zero-order chi connectivity index (χ0) is 74.3. The van der Waals surface area contributed by atoms with Crippen LogP contribution >= 0.6 is 0 Å². The van der Waals surface area contributed by atoms with Gasteiger partial charge in [0.2, 0.25) is 70.9 Å². The first-order chi connectivity index (χ1) is 46.9. The highest BCUT2D eigenvalue weighted by atomic mass is 16.2. The van der Waals surface area contributed by atoms with Gasteiger partial charge in [0.15, 0.2) is 0 Å². The highest BCUT2D eigenvalue weighted by molar-refractivity contribution is 5.99. The molecular weight excluding hydrogens is 1280 g/mol. The molecule has 0 bridgehead atoms. The average Bonchev–Trinajstić information content (AvgIpc) is 1.08. The third-order valence-electron chi connectivity index (χ3n) is 16.7. The molecule has 2 aromatic rings. The number of hydrogen-bond donors (Lipinski definition) is 18. The van der Waals surface area contributed by atoms with Crippen LogP contribution in [0.3, 0.4) is 0 Å². The molecule has 12 atom stereocenters. The molecule has 0 saturated heterocycles. The van der Waals surface area contributed by atoms with E-state index in [1.54, 1.807) is 20.8 Å². The molecule has 560 valence electrons. The Balaban J connectivity index is 2.54. The van der Waals surface area contributed by atoms with Crippen LogP contribution in [0.5, 0.6) is 0 Å². The van der Waals surface area contributed by atoms with Crippen LogP contribution in [0.15, 0.2) is 25.0 Å². The fourth-order valence-electron chi connectivity index (χ4n) is 11.0. The van der Waals surface area contributed by atoms with E-state index in [0.29, 0.717) is 82.3 Å². The number of nitrogens with one attached hydrogen (secondary N) is 13. The van der Waals surface area contributed by atoms with Crippen LogP contribution in [-0.4, -0.2) is 183 Å². The minimum Gasteiger partial charge on any atom is -0.368 e. The summed E-state index contributed by atoms with van der Waals surface area (Å²) in [5, 5.41) is 30.4. The molecule has 0 aliphatic carbocycles. The van der Waals surface area contributed by atoms with E-state index in [1.807, 2.05) is 48.5 Å². The number of nitrogens with two attached hydrogens (primary N) is 5. The topological polar surface area (TPSA) is 525 Å². The van der Waals surface area contributed by atoms with Crippen molar-refractivity contribution in [3.8, 4) is 0 Å². The summed E-state index contributed by atoms with van der Waals surface area (Å²) < 4.78 is 0. The summed E-state index contributed by atoms with van der Waals surface area (Å²) in [5.74, 6) is -9.82. The molecule has 32 heteroatoms. The van der Waals surface area contributed by atoms with Crippen molar-refractivity contribution in [3.63, 3.8) is 0 Å². The van der Waals surface area contributed by atoms with E-state index in [1.165, 1.54) is 32.0 Å². The molecule has 2 aromatic heterocycles. The van der Waals surface area contributed by atoms with E-state index in [-0.39, 0.29) is 88.6 Å². The van der Waals surface area contributed by atoms with Gasteiger partial charge in [-0.1, -0.05) is 75.7 Å². The Bertz CT molecular complexity index is 2800. The first kappa shape index (κ1) is 87.0. The lowest BCUT2D eigenvalue weighted by molar-refractivity contribution is -0.137. The Hall–Kier alpha value is -8.10. The number of rotatable bonds is 51. The van der Waals surface area contributed by atoms with Gasteiger partial charge in [-0.25, -0.2) is 9.97 Å². The lowest BCUT2D eigenvalue weighted by Gasteiger charge is -2.30. The SMILES string of the molecule is CC[C@H](C)[C@H](NC(=O)[C@H](CCCCN)NC(=O)[C@H](CCCCN)NC(=O)[C@H](Cc1cnc[nH]1)NC(=O)[C@H](CC(C)C)NC(=O)[C@H](CCCCN)NC(=O)[C@H](Cc1cnc[nH]1)NC(C)=O)C(=O)N[C@@H](CC(C)C)C(=O)N[C@@H](CCCCN)C(=O)N[C@H](C(=O)N[C@@H](CC(C)C)C(N)=O)C(C)C. The van der Waals surface area contributed by atoms with Crippen LogP contribution in [0.2, 0.25) is 0 Å². The normalized spacial score (nSPS) is 15.1. The Morgan fingerprint density at radius 3 is 0.970 bits per heavy atom. The molecule has 23 N–H and O–H groups in total. The van der Waals surface area contributed by atoms with Crippen LogP contribution in [0, 0.1) is 29.6 Å². The van der Waals surface area contributed by atoms with Crippen LogP contribution in [0.25, 0.3) is 0 Å². The summed E-state index contributed by atoms with van der Waals surface area (Å²) in [6, 6.07) is -13.4. The predicted octanol–water partition coefficient (Wildman–Crippen LogP) is -0.888. The van der Waals surface area contributed by atoms with E-state index >= 15 is 0 Å². The smallest absolute Gasteiger partial charge is 0.243 e. The second kappa shape index (κ2) is 47.0. The number of aromatic amines is 2. The standard InChI is InChI=1S/C67H120N20O12/c1-12-42(10)56(67(99)85-52(31-40(6)7)62(94)81-48(23-15-19-27-70)60(92)86-55(41(8)9)66(98)82-50(57(72)89)29-38(2)3)87-61(93)49(24-16-20-28-71)78-58(90)46(21-13-17-25-68)80-65(97)54(33-45-35-74-37-76-45)84-63(95)51(30-39(4)5)83-59(91)47(22-14-18-26-69)79-64(96)53(77-43(11)88)32-44-34-73-36-75-44/h34-42,46-56H,12-33,68-71H2,1-11H3,(H2,72,89)(H,73,75)(H,74,76)(H,77,88)(H,78,90)(H,79,96)(H,80,97)(H,81,94)(H,82,98)(H,83,91)(H,84,95)(H,85,99)(H,86,92)(H,87,93)/t42-,46-,47-,48-,49-,50-,51-,52-,53-,54-,55-,56-/m0/s1. The van der Waals surface area contributed by atoms with Gasteiger partial charge < -0.3 is 97.1 Å². The van der Waals surface area contributed by atoms with Gasteiger partial charge >= 0.3 is 0 Å². The van der Waals surface area contributed by atoms with Gasteiger partial charge in [-0.2, -0.15) is 0 Å². The summed E-state index contributed by atoms with van der Waals surface area (Å²) in [6.07, 6.45) is 10.2. The van der Waals surface area contributed by atoms with Crippen LogP contribution in [0.1, 0.15) is 190 Å². The molecule has 99 heavy (non-hydrogen) atoms. The van der Waals surface area contributed by atoms with Crippen molar-refractivity contribution in [3.05, 3.63) is 36.4 Å². The highest BCUT2D eigenvalue weighted by Gasteiger charge is 2.38. The second-order valence-corrected chi connectivity index (χ2v) is 27.3. The number of hydrogen-bond acceptors (Lipinski definition) is 18. The molecular formula is C67H120N20O12. The number of nitrogens with zero attached hydrogens (tertiary/aromatic N) is 2. The first-order valence-electron chi connectivity index (χ1n) is 35.2. The maximum Gasteiger partial charge on any atom is 0.243 e. The first-order valence-corrected chi connectivity index (χ1v) is 35.2. The van der Waals surface area contributed by atoms with Gasteiger partial charge in [-0.15, -0.1) is 0 Å². The fraction of sp³-hybridized carbons (Fsp3) is 0.731. The minimum atomic E-state index is -1.40. The number of primary amides is 1. The fourth-order valence-corrected chi connectivity index (χ4v) is 11.0. The summed E-state index contributed by atoms with van der Waals surface area (Å²) >= 11 is 0. The molecule has 12 amide bonds. The Morgan fingerprint density at radius 2 is 0.657 bits per heavy atom. The number of carbonyl (C=O) groups excluding carboxylic acids is 12. The van der Waals surface area contributed by atoms with E-state index in [4.69, 9.17) is 28.7 Å². The monoisotopic (exact) mass is 1400 g/mol. The minimum absolute atomic E-state index is 0.0122. The lowest BCUT2D eigenvalue weighted by Crippen LogP contribution is -2.62. The van der Waals surface area contributed by atoms with E-state index in [0.717, 1.165) is 0 Å². The number of aromatic nitrogens is 4. The van der Waals surface area contributed by atoms with Crippen molar-refractivity contribution >= 4 is 70.9 Å². The van der Waals surface area contributed by atoms with Crippen molar-refractivity contribution in [2.75, 3.05) is 26.2 Å². The van der Waals surface area contributed by atoms with Crippen molar-refractivity contribution in [1.82, 2.24) is 78.4 Å². The summed E-state index contributed by atoms with van der Waals surface area (Å²) in [4.78, 5) is 182. The van der Waals surface area contributed by atoms with Crippen molar-refractivity contribution in [2.24, 2.45) is 58.3 Å². The van der Waals surface area contributed by atoms with Gasteiger partial charge in [-0.05, 0) is 152 Å². The zero-order valence-electron chi connectivity index (χ0n) is 60.3. The van der Waals surface area contributed by atoms with Gasteiger partial charge in [0.25, 0.3) is 0 Å². The molecule has 0 saturated carbocycles. The quantitative estimate of drug-likeness (QED) is 0.0357. The molecule has 0 aromatic carbocycles.